The molecule has 0 aromatic heterocycles. The van der Waals surface area contributed by atoms with Crippen molar-refractivity contribution in [3.63, 3.8) is 0 Å². The molecule has 0 spiro atoms. The quantitative estimate of drug-likeness (QED) is 0.230. The zero-order chi connectivity index (χ0) is 19.5. The van der Waals surface area contributed by atoms with E-state index in [0.29, 0.717) is 25.8 Å². The van der Waals surface area contributed by atoms with Gasteiger partial charge in [-0.1, -0.05) is 32.0 Å². The summed E-state index contributed by atoms with van der Waals surface area (Å²) >= 11 is 0. The molecule has 1 aliphatic rings. The summed E-state index contributed by atoms with van der Waals surface area (Å²) in [7, 11) is 1.69. The fourth-order valence-electron chi connectivity index (χ4n) is 3.62. The van der Waals surface area contributed by atoms with Crippen molar-refractivity contribution >= 4 is 29.9 Å². The average molecular weight is 504 g/mol. The van der Waals surface area contributed by atoms with Gasteiger partial charge in [0.25, 0.3) is 0 Å². The van der Waals surface area contributed by atoms with Gasteiger partial charge in [-0.2, -0.15) is 0 Å². The summed E-state index contributed by atoms with van der Waals surface area (Å²) in [5.41, 5.74) is 1.07. The van der Waals surface area contributed by atoms with Crippen LogP contribution in [-0.4, -0.2) is 74.8 Å². The zero-order valence-electron chi connectivity index (χ0n) is 17.8. The van der Waals surface area contributed by atoms with E-state index in [9.17, 15) is 0 Å². The Labute approximate surface area is 187 Å². The Hall–Kier alpha value is -1.06. The van der Waals surface area contributed by atoms with Crippen LogP contribution in [0.15, 0.2) is 29.3 Å². The number of likely N-dealkylation sites (tertiary alicyclic amines) is 1. The number of para-hydroxylation sites is 1. The van der Waals surface area contributed by atoms with Crippen LogP contribution in [0.2, 0.25) is 0 Å². The minimum atomic E-state index is 0. The number of hydrogen-bond acceptors (Lipinski definition) is 4. The van der Waals surface area contributed by atoms with Gasteiger partial charge >= 0.3 is 0 Å². The summed E-state index contributed by atoms with van der Waals surface area (Å²) < 4.78 is 11.2. The molecular weight excluding hydrogens is 467 g/mol. The SMILES string of the molecule is CCNC(=NCCOCc1ccccc1OC)N1CCC(N(CC)CC)C1.I. The number of rotatable bonds is 10. The van der Waals surface area contributed by atoms with Crippen molar-refractivity contribution in [3.8, 4) is 5.75 Å². The Morgan fingerprint density at radius 3 is 2.68 bits per heavy atom. The molecule has 7 heteroatoms. The van der Waals surface area contributed by atoms with Crippen LogP contribution in [0.1, 0.15) is 32.8 Å². The Morgan fingerprint density at radius 1 is 1.25 bits per heavy atom. The average Bonchev–Trinajstić information content (AvgIpc) is 3.18. The lowest BCUT2D eigenvalue weighted by Crippen LogP contribution is -2.43. The third-order valence-electron chi connectivity index (χ3n) is 5.07. The fourth-order valence-corrected chi connectivity index (χ4v) is 3.62. The predicted octanol–water partition coefficient (Wildman–Crippen LogP) is 3.21. The summed E-state index contributed by atoms with van der Waals surface area (Å²) in [5, 5.41) is 3.43. The van der Waals surface area contributed by atoms with E-state index < -0.39 is 0 Å². The van der Waals surface area contributed by atoms with Crippen LogP contribution in [0.4, 0.5) is 0 Å². The van der Waals surface area contributed by atoms with Crippen molar-refractivity contribution in [2.75, 3.05) is 53.0 Å². The maximum absolute atomic E-state index is 5.81. The molecule has 0 saturated carbocycles. The molecule has 1 aromatic carbocycles. The lowest BCUT2D eigenvalue weighted by Gasteiger charge is -2.27. The molecule has 28 heavy (non-hydrogen) atoms. The van der Waals surface area contributed by atoms with E-state index >= 15 is 0 Å². The van der Waals surface area contributed by atoms with E-state index in [4.69, 9.17) is 14.5 Å². The minimum Gasteiger partial charge on any atom is -0.496 e. The van der Waals surface area contributed by atoms with Crippen LogP contribution in [0.3, 0.4) is 0 Å². The first-order chi connectivity index (χ1) is 13.2. The Morgan fingerprint density at radius 2 is 2.00 bits per heavy atom. The third-order valence-corrected chi connectivity index (χ3v) is 5.07. The second kappa shape index (κ2) is 14.0. The van der Waals surface area contributed by atoms with Crippen molar-refractivity contribution in [2.45, 2.75) is 39.8 Å². The first kappa shape index (κ1) is 25.0. The highest BCUT2D eigenvalue weighted by Crippen LogP contribution is 2.18. The largest absolute Gasteiger partial charge is 0.496 e. The maximum atomic E-state index is 5.81. The monoisotopic (exact) mass is 504 g/mol. The van der Waals surface area contributed by atoms with Gasteiger partial charge in [-0.05, 0) is 32.5 Å². The topological polar surface area (TPSA) is 49.3 Å². The molecule has 1 atom stereocenters. The first-order valence-corrected chi connectivity index (χ1v) is 10.2. The van der Waals surface area contributed by atoms with Gasteiger partial charge in [0, 0.05) is 31.2 Å². The van der Waals surface area contributed by atoms with E-state index in [1.165, 1.54) is 6.42 Å². The lowest BCUT2D eigenvalue weighted by molar-refractivity contribution is 0.126. The Kier molecular flexibility index (Phi) is 12.5. The second-order valence-electron chi connectivity index (χ2n) is 6.71. The van der Waals surface area contributed by atoms with E-state index in [-0.39, 0.29) is 24.0 Å². The normalized spacial score (nSPS) is 17.0. The van der Waals surface area contributed by atoms with Crippen LogP contribution < -0.4 is 10.1 Å². The number of nitrogens with zero attached hydrogens (tertiary/aromatic N) is 3. The van der Waals surface area contributed by atoms with E-state index in [1.54, 1.807) is 7.11 Å². The van der Waals surface area contributed by atoms with Gasteiger partial charge < -0.3 is 19.7 Å². The van der Waals surface area contributed by atoms with Gasteiger partial charge in [0.2, 0.25) is 0 Å². The third kappa shape index (κ3) is 7.40. The number of nitrogens with one attached hydrogen (secondary N) is 1. The Bertz CT molecular complexity index is 581. The van der Waals surface area contributed by atoms with Crippen molar-refractivity contribution < 1.29 is 9.47 Å². The number of guanidine groups is 1. The van der Waals surface area contributed by atoms with Gasteiger partial charge in [0.05, 0.1) is 26.9 Å². The molecule has 0 amide bonds. The van der Waals surface area contributed by atoms with Gasteiger partial charge in [-0.25, -0.2) is 0 Å². The molecular formula is C21H37IN4O2. The smallest absolute Gasteiger partial charge is 0.194 e. The summed E-state index contributed by atoms with van der Waals surface area (Å²) in [6.45, 7) is 13.6. The van der Waals surface area contributed by atoms with Gasteiger partial charge in [-0.3, -0.25) is 9.89 Å². The molecule has 6 nitrogen and oxygen atoms in total. The van der Waals surface area contributed by atoms with Crippen LogP contribution in [0, 0.1) is 0 Å². The number of ether oxygens (including phenoxy) is 2. The molecule has 1 aromatic rings. The predicted molar refractivity (Wildman–Crippen MR) is 127 cm³/mol. The zero-order valence-corrected chi connectivity index (χ0v) is 20.1. The highest BCUT2D eigenvalue weighted by molar-refractivity contribution is 14.0. The van der Waals surface area contributed by atoms with Crippen LogP contribution in [0.25, 0.3) is 0 Å². The summed E-state index contributed by atoms with van der Waals surface area (Å²) in [5.74, 6) is 1.88. The van der Waals surface area contributed by atoms with Crippen molar-refractivity contribution in [2.24, 2.45) is 4.99 Å². The number of benzene rings is 1. The second-order valence-corrected chi connectivity index (χ2v) is 6.71. The van der Waals surface area contributed by atoms with E-state index in [1.807, 2.05) is 24.3 Å². The first-order valence-electron chi connectivity index (χ1n) is 10.2. The molecule has 1 unspecified atom stereocenters. The highest BCUT2D eigenvalue weighted by Gasteiger charge is 2.27. The Balaban J connectivity index is 0.00000392. The van der Waals surface area contributed by atoms with Gasteiger partial charge in [-0.15, -0.1) is 24.0 Å². The summed E-state index contributed by atoms with van der Waals surface area (Å²) in [6.07, 6.45) is 1.20. The van der Waals surface area contributed by atoms with Crippen molar-refractivity contribution in [3.05, 3.63) is 29.8 Å². The summed E-state index contributed by atoms with van der Waals surface area (Å²) in [6, 6.07) is 8.59. The molecule has 1 saturated heterocycles. The molecule has 0 aliphatic carbocycles. The molecule has 160 valence electrons. The van der Waals surface area contributed by atoms with E-state index in [2.05, 4.69) is 35.9 Å². The molecule has 0 bridgehead atoms. The van der Waals surface area contributed by atoms with Crippen LogP contribution in [-0.2, 0) is 11.3 Å². The number of halogens is 1. The van der Waals surface area contributed by atoms with Crippen molar-refractivity contribution in [1.29, 1.82) is 0 Å². The molecule has 1 fully saturated rings. The highest BCUT2D eigenvalue weighted by atomic mass is 127. The number of hydrogen-bond donors (Lipinski definition) is 1. The molecule has 0 radical (unpaired) electrons. The molecule has 1 N–H and O–H groups in total. The van der Waals surface area contributed by atoms with E-state index in [0.717, 1.165) is 50.0 Å². The maximum Gasteiger partial charge on any atom is 0.194 e. The fraction of sp³-hybridized carbons (Fsp3) is 0.667. The molecule has 1 aliphatic heterocycles. The number of methoxy groups -OCH3 is 1. The van der Waals surface area contributed by atoms with Crippen molar-refractivity contribution in [1.82, 2.24) is 15.1 Å². The standard InChI is InChI=1S/C21H36N4O2.HI/c1-5-22-21(25-14-12-19(16-25)24(6-2)7-3)23-13-15-27-17-18-10-8-9-11-20(18)26-4;/h8-11,19H,5-7,12-17H2,1-4H3,(H,22,23);1H. The molecule has 2 rings (SSSR count). The molecule has 1 heterocycles. The van der Waals surface area contributed by atoms with Gasteiger partial charge in [0.15, 0.2) is 5.96 Å². The number of likely N-dealkylation sites (N-methyl/N-ethyl adjacent to an activating group) is 1. The lowest BCUT2D eigenvalue weighted by atomic mass is 10.2. The number of aliphatic imine (C=N–C) groups is 1. The minimum absolute atomic E-state index is 0. The van der Waals surface area contributed by atoms with Crippen LogP contribution >= 0.6 is 24.0 Å². The van der Waals surface area contributed by atoms with Gasteiger partial charge in [0.1, 0.15) is 5.75 Å². The van der Waals surface area contributed by atoms with Crippen LogP contribution in [0.5, 0.6) is 5.75 Å². The summed E-state index contributed by atoms with van der Waals surface area (Å²) in [4.78, 5) is 9.69.